The first-order chi connectivity index (χ1) is 17.2. The number of nitrogens with one attached hydrogen (secondary N) is 1. The lowest BCUT2D eigenvalue weighted by Crippen LogP contribution is -2.51. The van der Waals surface area contributed by atoms with Gasteiger partial charge in [0, 0.05) is 36.9 Å². The number of benzene rings is 2. The molecule has 36 heavy (non-hydrogen) atoms. The van der Waals surface area contributed by atoms with Gasteiger partial charge in [0.15, 0.2) is 5.82 Å². The number of anilines is 4. The molecule has 0 fully saturated rings. The average molecular weight is 482 g/mol. The number of carbonyl (C=O) groups excluding carboxylic acids is 1. The van der Waals surface area contributed by atoms with Crippen LogP contribution in [0.1, 0.15) is 46.5 Å². The molecule has 0 aliphatic carbocycles. The zero-order chi connectivity index (χ0) is 25.2. The Labute approximate surface area is 211 Å². The fourth-order valence-electron chi connectivity index (χ4n) is 5.89. The van der Waals surface area contributed by atoms with E-state index in [4.69, 9.17) is 9.98 Å². The number of para-hydroxylation sites is 1. The van der Waals surface area contributed by atoms with Crippen LogP contribution in [0, 0.1) is 13.8 Å². The molecule has 0 saturated carbocycles. The van der Waals surface area contributed by atoms with Gasteiger partial charge in [0.05, 0.1) is 12.2 Å². The zero-order valence-corrected chi connectivity index (χ0v) is 21.5. The maximum absolute atomic E-state index is 13.7. The zero-order valence-electron chi connectivity index (χ0n) is 21.5. The van der Waals surface area contributed by atoms with Crippen LogP contribution >= 0.6 is 0 Å². The Morgan fingerprint density at radius 2 is 1.86 bits per heavy atom. The first-order valence-electron chi connectivity index (χ1n) is 12.4. The predicted octanol–water partition coefficient (Wildman–Crippen LogP) is 4.40. The molecule has 3 aliphatic rings. The van der Waals surface area contributed by atoms with Gasteiger partial charge in [0.25, 0.3) is 5.91 Å². The van der Waals surface area contributed by atoms with Crippen molar-refractivity contribution in [2.45, 2.75) is 39.7 Å². The molecule has 3 aromatic rings. The molecule has 4 heterocycles. The van der Waals surface area contributed by atoms with Crippen LogP contribution in [0.25, 0.3) is 0 Å². The van der Waals surface area contributed by atoms with Crippen molar-refractivity contribution in [3.05, 3.63) is 70.4 Å². The molecule has 1 N–H and O–H groups in total. The van der Waals surface area contributed by atoms with E-state index in [2.05, 4.69) is 54.3 Å². The van der Waals surface area contributed by atoms with E-state index in [1.807, 2.05) is 36.9 Å². The summed E-state index contributed by atoms with van der Waals surface area (Å²) in [5, 5.41) is 3.37. The van der Waals surface area contributed by atoms with Gasteiger partial charge in [-0.25, -0.2) is 9.88 Å². The second-order valence-electron chi connectivity index (χ2n) is 10.7. The number of likely N-dealkylation sites (N-methyl/N-ethyl adjacent to an activating group) is 1. The van der Waals surface area contributed by atoms with Crippen LogP contribution in [0.2, 0.25) is 0 Å². The lowest BCUT2D eigenvalue weighted by molar-refractivity contribution is 0.0999. The normalized spacial score (nSPS) is 18.5. The molecule has 6 rings (SSSR count). The first kappa shape index (κ1) is 22.7. The molecule has 0 saturated heterocycles. The minimum Gasteiger partial charge on any atom is -0.324 e. The van der Waals surface area contributed by atoms with E-state index in [0.717, 1.165) is 35.6 Å². The molecule has 8 heteroatoms. The quantitative estimate of drug-likeness (QED) is 0.598. The molecule has 184 valence electrons. The van der Waals surface area contributed by atoms with Gasteiger partial charge >= 0.3 is 0 Å². The van der Waals surface area contributed by atoms with Crippen LogP contribution in [0.4, 0.5) is 23.1 Å². The number of guanidine groups is 1. The van der Waals surface area contributed by atoms with E-state index < -0.39 is 0 Å². The SMILES string of the molecule is Cc1cccc(C)c1N1C(=O)c2cnc(Nc3ccc4c(c3)CN(C)CC4(C)C)nc2N2CCN=C21. The van der Waals surface area contributed by atoms with Gasteiger partial charge in [-0.05, 0) is 55.3 Å². The number of rotatable bonds is 3. The lowest BCUT2D eigenvalue weighted by atomic mass is 9.78. The van der Waals surface area contributed by atoms with E-state index in [0.29, 0.717) is 36.4 Å². The highest BCUT2D eigenvalue weighted by Crippen LogP contribution is 2.37. The van der Waals surface area contributed by atoms with Crippen molar-refractivity contribution in [2.24, 2.45) is 4.99 Å². The van der Waals surface area contributed by atoms with Gasteiger partial charge in [-0.2, -0.15) is 4.98 Å². The van der Waals surface area contributed by atoms with E-state index in [-0.39, 0.29) is 11.3 Å². The number of carbonyl (C=O) groups is 1. The third kappa shape index (κ3) is 3.55. The maximum atomic E-state index is 13.7. The topological polar surface area (TPSA) is 77.0 Å². The predicted molar refractivity (Wildman–Crippen MR) is 143 cm³/mol. The smallest absolute Gasteiger partial charge is 0.270 e. The molecule has 2 aromatic carbocycles. The summed E-state index contributed by atoms with van der Waals surface area (Å²) < 4.78 is 0. The second-order valence-corrected chi connectivity index (χ2v) is 10.7. The summed E-state index contributed by atoms with van der Waals surface area (Å²) in [5.41, 5.74) is 7.16. The van der Waals surface area contributed by atoms with Crippen LogP contribution in [0.3, 0.4) is 0 Å². The highest BCUT2D eigenvalue weighted by molar-refractivity contribution is 6.32. The van der Waals surface area contributed by atoms with Crippen molar-refractivity contribution in [1.29, 1.82) is 0 Å². The third-order valence-corrected chi connectivity index (χ3v) is 7.34. The first-order valence-corrected chi connectivity index (χ1v) is 12.4. The number of hydrogen-bond donors (Lipinski definition) is 1. The molecule has 8 nitrogen and oxygen atoms in total. The molecule has 0 atom stereocenters. The number of hydrogen-bond acceptors (Lipinski definition) is 7. The van der Waals surface area contributed by atoms with Gasteiger partial charge in [0.2, 0.25) is 11.9 Å². The van der Waals surface area contributed by atoms with Gasteiger partial charge in [-0.15, -0.1) is 0 Å². The van der Waals surface area contributed by atoms with Crippen LogP contribution in [0.15, 0.2) is 47.6 Å². The Balaban J connectivity index is 1.35. The minimum absolute atomic E-state index is 0.108. The van der Waals surface area contributed by atoms with Gasteiger partial charge in [-0.3, -0.25) is 14.7 Å². The van der Waals surface area contributed by atoms with Crippen molar-refractivity contribution < 1.29 is 4.79 Å². The summed E-state index contributed by atoms with van der Waals surface area (Å²) in [6.45, 7) is 11.9. The number of nitrogens with zero attached hydrogens (tertiary/aromatic N) is 6. The summed E-state index contributed by atoms with van der Waals surface area (Å²) in [7, 11) is 2.16. The fourth-order valence-corrected chi connectivity index (χ4v) is 5.89. The largest absolute Gasteiger partial charge is 0.324 e. The average Bonchev–Trinajstić information content (AvgIpc) is 3.30. The standard InChI is InChI=1S/C28H31N7O/c1-17-7-6-8-18(2)23(17)35-25(36)21-14-30-26(32-24(21)34-12-11-29-27(34)35)31-20-9-10-22-19(13-20)15-33(5)16-28(22,3)4/h6-10,13-14H,11-12,15-16H2,1-5H3,(H,30,31,32). The van der Waals surface area contributed by atoms with Crippen molar-refractivity contribution in [3.63, 3.8) is 0 Å². The Morgan fingerprint density at radius 1 is 1.08 bits per heavy atom. The molecule has 1 aromatic heterocycles. The lowest BCUT2D eigenvalue weighted by Gasteiger charge is -2.38. The molecule has 0 unspecified atom stereocenters. The third-order valence-electron chi connectivity index (χ3n) is 7.34. The monoisotopic (exact) mass is 481 g/mol. The fraction of sp³-hybridized carbons (Fsp3) is 0.357. The summed E-state index contributed by atoms with van der Waals surface area (Å²) >= 11 is 0. The highest BCUT2D eigenvalue weighted by Gasteiger charge is 2.40. The number of aryl methyl sites for hydroxylation is 2. The second kappa shape index (κ2) is 8.13. The Bertz CT molecular complexity index is 1410. The maximum Gasteiger partial charge on any atom is 0.270 e. The summed E-state index contributed by atoms with van der Waals surface area (Å²) in [6, 6.07) is 12.5. The van der Waals surface area contributed by atoms with E-state index in [9.17, 15) is 4.79 Å². The highest BCUT2D eigenvalue weighted by atomic mass is 16.2. The van der Waals surface area contributed by atoms with Gasteiger partial charge in [0.1, 0.15) is 5.56 Å². The van der Waals surface area contributed by atoms with Crippen molar-refractivity contribution >= 4 is 35.0 Å². The van der Waals surface area contributed by atoms with Crippen molar-refractivity contribution in [1.82, 2.24) is 14.9 Å². The molecule has 0 radical (unpaired) electrons. The molecular weight excluding hydrogens is 450 g/mol. The minimum atomic E-state index is -0.148. The molecule has 3 aliphatic heterocycles. The Hall–Kier alpha value is -3.78. The molecule has 0 bridgehead atoms. The van der Waals surface area contributed by atoms with Crippen molar-refractivity contribution in [2.75, 3.05) is 41.8 Å². The van der Waals surface area contributed by atoms with Gasteiger partial charge in [-0.1, -0.05) is 38.1 Å². The molecule has 1 amide bonds. The number of fused-ring (bicyclic) bond motifs is 4. The summed E-state index contributed by atoms with van der Waals surface area (Å²) in [6.07, 6.45) is 1.64. The Kier molecular flexibility index (Phi) is 5.12. The van der Waals surface area contributed by atoms with Crippen LogP contribution in [0.5, 0.6) is 0 Å². The Morgan fingerprint density at radius 3 is 2.64 bits per heavy atom. The molecular formula is C28H31N7O. The number of aliphatic imine (C=N–C) groups is 1. The van der Waals surface area contributed by atoms with Crippen LogP contribution < -0.4 is 15.1 Å². The van der Waals surface area contributed by atoms with E-state index in [1.54, 1.807) is 11.1 Å². The summed E-state index contributed by atoms with van der Waals surface area (Å²) in [4.78, 5) is 33.8. The summed E-state index contributed by atoms with van der Waals surface area (Å²) in [5.74, 6) is 1.56. The van der Waals surface area contributed by atoms with Crippen LogP contribution in [-0.4, -0.2) is 53.4 Å². The van der Waals surface area contributed by atoms with E-state index >= 15 is 0 Å². The van der Waals surface area contributed by atoms with Crippen LogP contribution in [-0.2, 0) is 12.0 Å². The molecule has 0 spiro atoms. The number of aromatic nitrogens is 2. The van der Waals surface area contributed by atoms with Crippen molar-refractivity contribution in [3.8, 4) is 0 Å². The van der Waals surface area contributed by atoms with E-state index in [1.165, 1.54) is 11.1 Å². The number of amides is 1. The van der Waals surface area contributed by atoms with Gasteiger partial charge < -0.3 is 10.2 Å².